The van der Waals surface area contributed by atoms with Crippen LogP contribution in [0.25, 0.3) is 33.7 Å². The summed E-state index contributed by atoms with van der Waals surface area (Å²) in [6.07, 6.45) is 4.46. The number of aryl methyl sites for hydroxylation is 4. The first-order valence-electron chi connectivity index (χ1n) is 13.7. The number of allylic oxidation sites excluding steroid dienone is 1. The van der Waals surface area contributed by atoms with Gasteiger partial charge in [-0.25, -0.2) is 4.98 Å². The molecule has 7 heteroatoms. The summed E-state index contributed by atoms with van der Waals surface area (Å²) in [7, 11) is 0. The van der Waals surface area contributed by atoms with Gasteiger partial charge in [0.25, 0.3) is 0 Å². The first-order chi connectivity index (χ1) is 18.1. The van der Waals surface area contributed by atoms with Gasteiger partial charge in [-0.15, -0.1) is 0 Å². The van der Waals surface area contributed by atoms with Crippen molar-refractivity contribution in [3.8, 4) is 0 Å². The van der Waals surface area contributed by atoms with E-state index in [1.807, 2.05) is 0 Å². The van der Waals surface area contributed by atoms with Crippen LogP contribution in [0.1, 0.15) is 103 Å². The van der Waals surface area contributed by atoms with E-state index in [2.05, 4.69) is 82.7 Å². The topological polar surface area (TPSA) is 97.5 Å². The number of rotatable bonds is 5. The molecule has 39 heavy (non-hydrogen) atoms. The number of aliphatic carboxylic acids is 1. The van der Waals surface area contributed by atoms with Gasteiger partial charge in [0.05, 0.1) is 11.4 Å². The minimum Gasteiger partial charge on any atom is -0.550 e. The van der Waals surface area contributed by atoms with Gasteiger partial charge in [-0.2, -0.15) is 0 Å². The van der Waals surface area contributed by atoms with Gasteiger partial charge >= 0.3 is 29.6 Å². The van der Waals surface area contributed by atoms with Crippen LogP contribution in [0.4, 0.5) is 0 Å². The average molecular weight is 533 g/mol. The molecule has 0 saturated carbocycles. The van der Waals surface area contributed by atoms with Crippen molar-refractivity contribution < 1.29 is 39.5 Å². The summed E-state index contributed by atoms with van der Waals surface area (Å²) in [5.74, 6) is -0.951. The zero-order chi connectivity index (χ0) is 27.3. The number of nitrogens with one attached hydrogen (secondary N) is 2. The second-order valence-corrected chi connectivity index (χ2v) is 10.8. The second kappa shape index (κ2) is 11.4. The number of hydrogen-bond acceptors (Lipinski definition) is 4. The fourth-order valence-electron chi connectivity index (χ4n) is 6.18. The van der Waals surface area contributed by atoms with Crippen molar-refractivity contribution in [3.63, 3.8) is 0 Å². The van der Waals surface area contributed by atoms with Crippen LogP contribution < -0.4 is 34.7 Å². The van der Waals surface area contributed by atoms with E-state index in [0.29, 0.717) is 6.42 Å². The molecule has 8 bridgehead atoms. The third kappa shape index (κ3) is 5.27. The number of nitrogens with zero attached hydrogens (tertiary/aromatic N) is 2. The van der Waals surface area contributed by atoms with Gasteiger partial charge in [0.15, 0.2) is 0 Å². The standard InChI is InChI=1S/C32H38N4O2.Na/c1-8-21-18(5)27-15-30-22(9-2)17(4)26(34-30)14-28-19(6)23(10-11-31(37)38)32(36-28)20(7)25-12-16(3)24(33-25)13-29(21)35-27;/h12-15,19,23,34-35H,8-11H2,1-7H3,(H,37,38);/q;+1/p-1/t19-,23-;/m0./s1. The summed E-state index contributed by atoms with van der Waals surface area (Å²) < 4.78 is 0. The number of fused-ring (bicyclic) bond motifs is 8. The van der Waals surface area contributed by atoms with Crippen molar-refractivity contribution in [2.75, 3.05) is 0 Å². The van der Waals surface area contributed by atoms with Gasteiger partial charge in [0.2, 0.25) is 0 Å². The molecular formula is C32H37N4NaO2. The Morgan fingerprint density at radius 2 is 1.46 bits per heavy atom. The molecule has 5 heterocycles. The second-order valence-electron chi connectivity index (χ2n) is 10.8. The molecular weight excluding hydrogens is 495 g/mol. The van der Waals surface area contributed by atoms with Crippen molar-refractivity contribution in [1.29, 1.82) is 0 Å². The quantitative estimate of drug-likeness (QED) is 0.493. The number of carboxylic acid groups (broad SMARTS) is 1. The molecule has 0 unspecified atom stereocenters. The first kappa shape index (κ1) is 29.3. The zero-order valence-electron chi connectivity index (χ0n) is 24.5. The molecule has 2 aliphatic rings. The van der Waals surface area contributed by atoms with Crippen LogP contribution >= 0.6 is 0 Å². The third-order valence-electron chi connectivity index (χ3n) is 8.57. The molecule has 0 spiro atoms. The molecule has 0 amide bonds. The fourth-order valence-corrected chi connectivity index (χ4v) is 6.18. The number of carboxylic acids is 1. The van der Waals surface area contributed by atoms with E-state index in [1.165, 1.54) is 22.3 Å². The average Bonchev–Trinajstić information content (AvgIpc) is 3.57. The van der Waals surface area contributed by atoms with Gasteiger partial charge in [-0.05, 0) is 111 Å². The largest absolute Gasteiger partial charge is 1.00 e. The molecule has 2 N–H and O–H groups in total. The molecule has 3 aromatic heterocycles. The Morgan fingerprint density at radius 3 is 2.05 bits per heavy atom. The Balaban J connectivity index is 0.00000353. The van der Waals surface area contributed by atoms with E-state index in [1.54, 1.807) is 0 Å². The summed E-state index contributed by atoms with van der Waals surface area (Å²) in [6, 6.07) is 6.54. The van der Waals surface area contributed by atoms with Crippen molar-refractivity contribution >= 4 is 39.7 Å². The van der Waals surface area contributed by atoms with E-state index in [9.17, 15) is 9.90 Å². The fraction of sp³-hybridized carbons (Fsp3) is 0.406. The molecule has 2 aliphatic heterocycles. The molecule has 0 radical (unpaired) electrons. The molecule has 0 aliphatic carbocycles. The Bertz CT molecular complexity index is 1640. The van der Waals surface area contributed by atoms with Crippen molar-refractivity contribution in [3.05, 3.63) is 68.8 Å². The number of aromatic nitrogens is 4. The molecule has 6 nitrogen and oxygen atoms in total. The number of carbonyl (C=O) groups excluding carboxylic acids is 1. The molecule has 5 rings (SSSR count). The predicted molar refractivity (Wildman–Crippen MR) is 153 cm³/mol. The minimum atomic E-state index is -1.02. The number of hydrogen-bond donors (Lipinski definition) is 2. The minimum absolute atomic E-state index is 0. The summed E-state index contributed by atoms with van der Waals surface area (Å²) in [5.41, 5.74) is 15.3. The first-order valence-corrected chi connectivity index (χ1v) is 13.7. The third-order valence-corrected chi connectivity index (χ3v) is 8.57. The predicted octanol–water partition coefficient (Wildman–Crippen LogP) is 3.35. The van der Waals surface area contributed by atoms with Crippen LogP contribution in [0.5, 0.6) is 0 Å². The van der Waals surface area contributed by atoms with Crippen LogP contribution in [0, 0.1) is 20.8 Å². The molecule has 0 aromatic carbocycles. The Morgan fingerprint density at radius 1 is 0.872 bits per heavy atom. The molecule has 2 atom stereocenters. The van der Waals surface area contributed by atoms with Crippen molar-refractivity contribution in [2.45, 2.75) is 86.0 Å². The van der Waals surface area contributed by atoms with Crippen LogP contribution in [0.15, 0.2) is 18.2 Å². The van der Waals surface area contributed by atoms with Gasteiger partial charge in [-0.1, -0.05) is 20.8 Å². The van der Waals surface area contributed by atoms with E-state index >= 15 is 0 Å². The van der Waals surface area contributed by atoms with Crippen LogP contribution in [0.3, 0.4) is 0 Å². The van der Waals surface area contributed by atoms with E-state index < -0.39 is 5.97 Å². The smallest absolute Gasteiger partial charge is 0.550 e. The maximum Gasteiger partial charge on any atom is 1.00 e. The summed E-state index contributed by atoms with van der Waals surface area (Å²) in [4.78, 5) is 28.9. The SMILES string of the molecule is CCc1c(C)c2cc3[nH]c(cc4nc(c(C)c5nc(cc1[nH]2)C(C)=C5)[C@@H](CCC(=O)[O-])[C@@H]4C)c(C)c3CC.[Na+]. The Labute approximate surface area is 252 Å². The Hall–Kier alpha value is -2.67. The summed E-state index contributed by atoms with van der Waals surface area (Å²) >= 11 is 0. The number of carbonyl (C=O) groups is 1. The van der Waals surface area contributed by atoms with E-state index in [0.717, 1.165) is 68.8 Å². The number of aromatic amines is 2. The molecule has 0 fully saturated rings. The molecule has 198 valence electrons. The van der Waals surface area contributed by atoms with Crippen molar-refractivity contribution in [2.24, 2.45) is 0 Å². The van der Waals surface area contributed by atoms with Gasteiger partial charge < -0.3 is 19.9 Å². The van der Waals surface area contributed by atoms with Crippen LogP contribution in [-0.4, -0.2) is 25.9 Å². The Kier molecular flexibility index (Phi) is 8.60. The monoisotopic (exact) mass is 532 g/mol. The molecule has 3 aromatic rings. The van der Waals surface area contributed by atoms with Crippen LogP contribution in [-0.2, 0) is 17.6 Å². The van der Waals surface area contributed by atoms with Gasteiger partial charge in [-0.3, -0.25) is 4.98 Å². The summed E-state index contributed by atoms with van der Waals surface area (Å²) in [6.45, 7) is 15.0. The maximum atomic E-state index is 11.4. The zero-order valence-corrected chi connectivity index (χ0v) is 26.5. The normalized spacial score (nSPS) is 16.6. The van der Waals surface area contributed by atoms with E-state index in [4.69, 9.17) is 9.97 Å². The van der Waals surface area contributed by atoms with Crippen LogP contribution in [0.2, 0.25) is 0 Å². The van der Waals surface area contributed by atoms with E-state index in [-0.39, 0.29) is 47.8 Å². The van der Waals surface area contributed by atoms with Crippen molar-refractivity contribution in [1.82, 2.24) is 19.9 Å². The maximum absolute atomic E-state index is 11.4. The van der Waals surface area contributed by atoms with Gasteiger partial charge in [0, 0.05) is 51.3 Å². The molecule has 0 saturated heterocycles. The van der Waals surface area contributed by atoms with Gasteiger partial charge in [0.1, 0.15) is 0 Å². The summed E-state index contributed by atoms with van der Waals surface area (Å²) in [5, 5.41) is 11.4. The number of H-pyrrole nitrogens is 2.